The van der Waals surface area contributed by atoms with Crippen LogP contribution in [0.15, 0.2) is 46.9 Å². The van der Waals surface area contributed by atoms with Crippen LogP contribution in [0.3, 0.4) is 0 Å². The Morgan fingerprint density at radius 3 is 2.39 bits per heavy atom. The van der Waals surface area contributed by atoms with Crippen molar-refractivity contribution in [3.63, 3.8) is 0 Å². The van der Waals surface area contributed by atoms with Gasteiger partial charge in [-0.3, -0.25) is 9.59 Å². The first kappa shape index (κ1) is 25.2. The molecule has 0 saturated heterocycles. The van der Waals surface area contributed by atoms with Gasteiger partial charge in [-0.05, 0) is 70.6 Å². The number of carbonyl (C=O) groups excluding carboxylic acids is 2. The van der Waals surface area contributed by atoms with Crippen LogP contribution in [0, 0.1) is 0 Å². The summed E-state index contributed by atoms with van der Waals surface area (Å²) in [5, 5.41) is 3.48. The molecule has 0 heterocycles. The second-order valence-corrected chi connectivity index (χ2v) is 9.04. The third kappa shape index (κ3) is 7.54. The SMILES string of the molecule is CCCNC(=O)[C@H](C)N(Cc1ccc(Cl)cc1)C(=O)COc1ccc(C(C)C)cc1Br. The van der Waals surface area contributed by atoms with Crippen LogP contribution in [0.1, 0.15) is 51.2 Å². The van der Waals surface area contributed by atoms with Gasteiger partial charge in [-0.1, -0.05) is 50.6 Å². The average Bonchev–Trinajstić information content (AvgIpc) is 2.75. The number of ether oxygens (including phenoxy) is 1. The quantitative estimate of drug-likeness (QED) is 0.457. The van der Waals surface area contributed by atoms with Crippen LogP contribution in [-0.4, -0.2) is 35.9 Å². The highest BCUT2D eigenvalue weighted by Gasteiger charge is 2.26. The van der Waals surface area contributed by atoms with E-state index < -0.39 is 6.04 Å². The van der Waals surface area contributed by atoms with Crippen molar-refractivity contribution in [2.75, 3.05) is 13.2 Å². The molecule has 2 aromatic carbocycles. The van der Waals surface area contributed by atoms with Gasteiger partial charge in [-0.15, -0.1) is 0 Å². The number of rotatable bonds is 10. The molecule has 2 aromatic rings. The number of nitrogens with zero attached hydrogens (tertiary/aromatic N) is 1. The molecule has 2 amide bonds. The Hall–Kier alpha value is -2.05. The van der Waals surface area contributed by atoms with Crippen molar-refractivity contribution in [3.05, 3.63) is 63.1 Å². The summed E-state index contributed by atoms with van der Waals surface area (Å²) in [5.74, 6) is 0.525. The molecule has 168 valence electrons. The first-order chi connectivity index (χ1) is 14.7. The maximum atomic E-state index is 13.1. The van der Waals surface area contributed by atoms with Gasteiger partial charge in [-0.25, -0.2) is 0 Å². The molecule has 7 heteroatoms. The van der Waals surface area contributed by atoms with E-state index in [1.807, 2.05) is 37.3 Å². The van der Waals surface area contributed by atoms with Crippen molar-refractivity contribution >= 4 is 39.3 Å². The Balaban J connectivity index is 2.14. The van der Waals surface area contributed by atoms with Crippen molar-refractivity contribution in [2.24, 2.45) is 0 Å². The van der Waals surface area contributed by atoms with E-state index in [1.54, 1.807) is 19.1 Å². The monoisotopic (exact) mass is 508 g/mol. The van der Waals surface area contributed by atoms with Crippen molar-refractivity contribution in [1.82, 2.24) is 10.2 Å². The topological polar surface area (TPSA) is 58.6 Å². The smallest absolute Gasteiger partial charge is 0.261 e. The van der Waals surface area contributed by atoms with Crippen molar-refractivity contribution in [1.29, 1.82) is 0 Å². The molecule has 5 nitrogen and oxygen atoms in total. The molecule has 31 heavy (non-hydrogen) atoms. The van der Waals surface area contributed by atoms with E-state index in [-0.39, 0.29) is 25.0 Å². The zero-order chi connectivity index (χ0) is 23.0. The van der Waals surface area contributed by atoms with Gasteiger partial charge in [0.15, 0.2) is 6.61 Å². The lowest BCUT2D eigenvalue weighted by molar-refractivity contribution is -0.142. The second kappa shape index (κ2) is 12.1. The molecule has 0 spiro atoms. The average molecular weight is 510 g/mol. The molecule has 0 fully saturated rings. The van der Waals surface area contributed by atoms with Gasteiger partial charge in [0, 0.05) is 18.1 Å². The molecule has 0 aromatic heterocycles. The Bertz CT molecular complexity index is 887. The third-order valence-corrected chi connectivity index (χ3v) is 5.83. The first-order valence-electron chi connectivity index (χ1n) is 10.5. The summed E-state index contributed by atoms with van der Waals surface area (Å²) in [7, 11) is 0. The van der Waals surface area contributed by atoms with Crippen LogP contribution in [-0.2, 0) is 16.1 Å². The third-order valence-electron chi connectivity index (χ3n) is 4.96. The van der Waals surface area contributed by atoms with E-state index in [9.17, 15) is 9.59 Å². The lowest BCUT2D eigenvalue weighted by Gasteiger charge is -2.29. The van der Waals surface area contributed by atoms with Gasteiger partial charge in [0.2, 0.25) is 5.91 Å². The maximum Gasteiger partial charge on any atom is 0.261 e. The summed E-state index contributed by atoms with van der Waals surface area (Å²) in [5.41, 5.74) is 2.06. The van der Waals surface area contributed by atoms with Crippen LogP contribution in [0.25, 0.3) is 0 Å². The van der Waals surface area contributed by atoms with Crippen LogP contribution in [0.4, 0.5) is 0 Å². The minimum Gasteiger partial charge on any atom is -0.483 e. The molecule has 0 bridgehead atoms. The summed E-state index contributed by atoms with van der Waals surface area (Å²) in [4.78, 5) is 27.2. The normalized spacial score (nSPS) is 11.8. The zero-order valence-corrected chi connectivity index (χ0v) is 20.8. The number of hydrogen-bond acceptors (Lipinski definition) is 3. The Morgan fingerprint density at radius 1 is 1.13 bits per heavy atom. The molecule has 0 aliphatic carbocycles. The standard InChI is InChI=1S/C24H30BrClN2O3/c1-5-12-27-24(30)17(4)28(14-18-6-9-20(26)10-7-18)23(29)15-31-22-11-8-19(16(2)3)13-21(22)25/h6-11,13,16-17H,5,12,14-15H2,1-4H3,(H,27,30)/t17-/m0/s1. The molecular formula is C24H30BrClN2O3. The number of carbonyl (C=O) groups is 2. The largest absolute Gasteiger partial charge is 0.483 e. The van der Waals surface area contributed by atoms with Crippen molar-refractivity contribution in [2.45, 2.75) is 52.6 Å². The lowest BCUT2D eigenvalue weighted by atomic mass is 10.0. The minimum absolute atomic E-state index is 0.168. The van der Waals surface area contributed by atoms with E-state index >= 15 is 0 Å². The summed E-state index contributed by atoms with van der Waals surface area (Å²) < 4.78 is 6.59. The Labute approximate surface area is 198 Å². The Kier molecular flexibility index (Phi) is 9.85. The molecule has 0 saturated carbocycles. The first-order valence-corrected chi connectivity index (χ1v) is 11.6. The maximum absolute atomic E-state index is 13.1. The molecule has 1 atom stereocenters. The van der Waals surface area contributed by atoms with E-state index in [0.717, 1.165) is 16.5 Å². The highest BCUT2D eigenvalue weighted by atomic mass is 79.9. The summed E-state index contributed by atoms with van der Waals surface area (Å²) in [6.07, 6.45) is 0.826. The van der Waals surface area contributed by atoms with E-state index in [0.29, 0.717) is 23.2 Å². The number of amides is 2. The van der Waals surface area contributed by atoms with Gasteiger partial charge in [0.05, 0.1) is 4.47 Å². The van der Waals surface area contributed by atoms with Gasteiger partial charge in [0.1, 0.15) is 11.8 Å². The summed E-state index contributed by atoms with van der Waals surface area (Å²) >= 11 is 9.49. The highest BCUT2D eigenvalue weighted by Crippen LogP contribution is 2.29. The molecule has 2 rings (SSSR count). The molecule has 1 N–H and O–H groups in total. The number of benzene rings is 2. The fourth-order valence-corrected chi connectivity index (χ4v) is 3.62. The predicted molar refractivity (Wildman–Crippen MR) is 128 cm³/mol. The lowest BCUT2D eigenvalue weighted by Crippen LogP contribution is -2.49. The van der Waals surface area contributed by atoms with Crippen LogP contribution in [0.5, 0.6) is 5.75 Å². The van der Waals surface area contributed by atoms with Gasteiger partial charge in [-0.2, -0.15) is 0 Å². The van der Waals surface area contributed by atoms with E-state index in [4.69, 9.17) is 16.3 Å². The molecule has 0 unspecified atom stereocenters. The van der Waals surface area contributed by atoms with E-state index in [1.165, 1.54) is 10.5 Å². The zero-order valence-electron chi connectivity index (χ0n) is 18.5. The number of halogens is 2. The van der Waals surface area contributed by atoms with Gasteiger partial charge < -0.3 is 15.0 Å². The molecule has 0 radical (unpaired) electrons. The fraction of sp³-hybridized carbons (Fsp3) is 0.417. The number of hydrogen-bond donors (Lipinski definition) is 1. The summed E-state index contributed by atoms with van der Waals surface area (Å²) in [6, 6.07) is 12.4. The molecular weight excluding hydrogens is 480 g/mol. The van der Waals surface area contributed by atoms with Crippen LogP contribution in [0.2, 0.25) is 5.02 Å². The summed E-state index contributed by atoms with van der Waals surface area (Å²) in [6.45, 7) is 8.63. The van der Waals surface area contributed by atoms with Crippen molar-refractivity contribution in [3.8, 4) is 5.75 Å². The predicted octanol–water partition coefficient (Wildman–Crippen LogP) is 5.55. The highest BCUT2D eigenvalue weighted by molar-refractivity contribution is 9.10. The van der Waals surface area contributed by atoms with Gasteiger partial charge >= 0.3 is 0 Å². The van der Waals surface area contributed by atoms with Crippen molar-refractivity contribution < 1.29 is 14.3 Å². The Morgan fingerprint density at radius 2 is 1.81 bits per heavy atom. The molecule has 0 aliphatic heterocycles. The molecule has 0 aliphatic rings. The second-order valence-electron chi connectivity index (χ2n) is 7.75. The van der Waals surface area contributed by atoms with Crippen LogP contribution < -0.4 is 10.1 Å². The number of nitrogens with one attached hydrogen (secondary N) is 1. The fourth-order valence-electron chi connectivity index (χ4n) is 2.98. The van der Waals surface area contributed by atoms with Gasteiger partial charge in [0.25, 0.3) is 5.91 Å². The van der Waals surface area contributed by atoms with Crippen LogP contribution >= 0.6 is 27.5 Å². The minimum atomic E-state index is -0.634. The van der Waals surface area contributed by atoms with E-state index in [2.05, 4.69) is 35.1 Å².